The van der Waals surface area contributed by atoms with E-state index < -0.39 is 40.6 Å². The maximum atomic E-state index is 12.0. The number of aliphatic imine (C=N–C) groups is 1. The molecule has 2 N–H and O–H groups in total. The van der Waals surface area contributed by atoms with Crippen LogP contribution in [-0.2, 0) is 33.5 Å². The van der Waals surface area contributed by atoms with E-state index in [-0.39, 0.29) is 56.7 Å². The fourth-order valence-corrected chi connectivity index (χ4v) is 2.71. The molecule has 15 heteroatoms. The highest BCUT2D eigenvalue weighted by molar-refractivity contribution is 5.99. The van der Waals surface area contributed by atoms with E-state index >= 15 is 0 Å². The van der Waals surface area contributed by atoms with Gasteiger partial charge in [-0.05, 0) is 46.5 Å². The Morgan fingerprint density at radius 3 is 2.29 bits per heavy atom. The fourth-order valence-electron chi connectivity index (χ4n) is 2.71. The molecule has 0 rings (SSSR count). The summed E-state index contributed by atoms with van der Waals surface area (Å²) in [4.78, 5) is 67.6. The molecular weight excluding hydrogens is 460 g/mol. The second-order valence-electron chi connectivity index (χ2n) is 8.24. The van der Waals surface area contributed by atoms with Crippen molar-refractivity contribution in [3.63, 3.8) is 0 Å². The monoisotopic (exact) mass is 492 g/mol. The standard InChI is InChI=1S/C19H32N4O11/c1-19(2,3)33-18(26)11-15(31-13-24)8-5-9-21-17(20)10-14(25)6-4-7-16(34-23(29)30)12-32-22(27)28/h13,15-16H,4-12H2,1-3H3,(H2,20,21). The summed E-state index contributed by atoms with van der Waals surface area (Å²) in [5.74, 6) is -0.688. The van der Waals surface area contributed by atoms with Gasteiger partial charge in [0.15, 0.2) is 0 Å². The van der Waals surface area contributed by atoms with E-state index in [9.17, 15) is 34.6 Å². The Hall–Kier alpha value is -3.52. The van der Waals surface area contributed by atoms with E-state index in [1.807, 2.05) is 0 Å². The van der Waals surface area contributed by atoms with E-state index in [1.54, 1.807) is 20.8 Å². The molecule has 194 valence electrons. The van der Waals surface area contributed by atoms with Crippen LogP contribution in [0.3, 0.4) is 0 Å². The zero-order valence-electron chi connectivity index (χ0n) is 19.5. The van der Waals surface area contributed by atoms with Gasteiger partial charge in [0.1, 0.15) is 36.0 Å². The molecule has 2 unspecified atom stereocenters. The van der Waals surface area contributed by atoms with Crippen molar-refractivity contribution in [2.45, 2.75) is 83.5 Å². The molecule has 0 heterocycles. The lowest BCUT2D eigenvalue weighted by Crippen LogP contribution is -2.27. The molecule has 0 amide bonds. The highest BCUT2D eigenvalue weighted by Gasteiger charge is 2.21. The predicted molar refractivity (Wildman–Crippen MR) is 115 cm³/mol. The molecule has 0 saturated heterocycles. The number of esters is 1. The Morgan fingerprint density at radius 2 is 1.74 bits per heavy atom. The van der Waals surface area contributed by atoms with Crippen molar-refractivity contribution in [1.29, 1.82) is 0 Å². The third-order valence-electron chi connectivity index (χ3n) is 4.02. The Bertz CT molecular complexity index is 722. The van der Waals surface area contributed by atoms with Gasteiger partial charge in [0.25, 0.3) is 16.6 Å². The SMILES string of the molecule is CC(C)(C)OC(=O)CC(CCCN=C(N)CC(=O)CCCC(CO[N+](=O)[O-])O[N+](=O)[O-])OC=O. The Labute approximate surface area is 196 Å². The molecule has 0 aromatic rings. The molecule has 0 aliphatic rings. The van der Waals surface area contributed by atoms with Gasteiger partial charge in [0.2, 0.25) is 0 Å². The highest BCUT2D eigenvalue weighted by Crippen LogP contribution is 2.13. The van der Waals surface area contributed by atoms with Crippen molar-refractivity contribution in [3.05, 3.63) is 20.2 Å². The summed E-state index contributed by atoms with van der Waals surface area (Å²) in [6.07, 6.45) is -1.13. The quantitative estimate of drug-likeness (QED) is 0.0514. The van der Waals surface area contributed by atoms with Crippen LogP contribution in [0, 0.1) is 20.2 Å². The van der Waals surface area contributed by atoms with E-state index in [0.717, 1.165) is 0 Å². The summed E-state index contributed by atoms with van der Waals surface area (Å²) >= 11 is 0. The van der Waals surface area contributed by atoms with Gasteiger partial charge < -0.3 is 24.9 Å². The van der Waals surface area contributed by atoms with Crippen LogP contribution in [0.4, 0.5) is 0 Å². The van der Waals surface area contributed by atoms with Crippen LogP contribution in [-0.4, -0.2) is 65.2 Å². The first-order valence-electron chi connectivity index (χ1n) is 10.5. The topological polar surface area (TPSA) is 213 Å². The van der Waals surface area contributed by atoms with Gasteiger partial charge in [0, 0.05) is 13.0 Å². The van der Waals surface area contributed by atoms with E-state index in [4.69, 9.17) is 15.2 Å². The Kier molecular flexibility index (Phi) is 14.5. The van der Waals surface area contributed by atoms with Gasteiger partial charge in [-0.3, -0.25) is 19.4 Å². The lowest BCUT2D eigenvalue weighted by atomic mass is 10.1. The number of hydrogen-bond acceptors (Lipinski definition) is 12. The number of carbonyl (C=O) groups excluding carboxylic acids is 3. The Balaban J connectivity index is 4.36. The number of nitrogens with two attached hydrogens (primary N) is 1. The van der Waals surface area contributed by atoms with Crippen LogP contribution >= 0.6 is 0 Å². The average Bonchev–Trinajstić information content (AvgIpc) is 2.67. The van der Waals surface area contributed by atoms with Crippen LogP contribution < -0.4 is 5.73 Å². The minimum atomic E-state index is -1.18. The lowest BCUT2D eigenvalue weighted by Gasteiger charge is -2.21. The van der Waals surface area contributed by atoms with Crippen molar-refractivity contribution in [2.24, 2.45) is 10.7 Å². The highest BCUT2D eigenvalue weighted by atomic mass is 17.0. The molecule has 0 aromatic carbocycles. The van der Waals surface area contributed by atoms with Gasteiger partial charge in [-0.25, -0.2) is 0 Å². The molecule has 0 spiro atoms. The zero-order chi connectivity index (χ0) is 26.1. The van der Waals surface area contributed by atoms with Gasteiger partial charge in [-0.15, -0.1) is 20.2 Å². The molecule has 0 aromatic heterocycles. The summed E-state index contributed by atoms with van der Waals surface area (Å²) in [6.45, 7) is 5.04. The second-order valence-corrected chi connectivity index (χ2v) is 8.24. The molecule has 34 heavy (non-hydrogen) atoms. The number of amidine groups is 1. The first kappa shape index (κ1) is 30.5. The van der Waals surface area contributed by atoms with Gasteiger partial charge in [0.05, 0.1) is 12.8 Å². The number of hydrogen-bond donors (Lipinski definition) is 1. The minimum absolute atomic E-state index is 0.00657. The van der Waals surface area contributed by atoms with Crippen LogP contribution in [0.15, 0.2) is 4.99 Å². The van der Waals surface area contributed by atoms with Crippen LogP contribution in [0.2, 0.25) is 0 Å². The van der Waals surface area contributed by atoms with E-state index in [2.05, 4.69) is 14.7 Å². The molecule has 0 aliphatic heterocycles. The molecule has 0 saturated carbocycles. The summed E-state index contributed by atoms with van der Waals surface area (Å²) in [5.41, 5.74) is 5.08. The lowest BCUT2D eigenvalue weighted by molar-refractivity contribution is -0.790. The zero-order valence-corrected chi connectivity index (χ0v) is 19.5. The summed E-state index contributed by atoms with van der Waals surface area (Å²) in [5, 5.41) is 18.4. The number of rotatable bonds is 19. The number of ketones is 1. The van der Waals surface area contributed by atoms with Crippen molar-refractivity contribution in [1.82, 2.24) is 0 Å². The molecule has 0 radical (unpaired) electrons. The van der Waals surface area contributed by atoms with Crippen molar-refractivity contribution in [2.75, 3.05) is 13.2 Å². The molecule has 0 bridgehead atoms. The maximum absolute atomic E-state index is 12.0. The normalized spacial score (nSPS) is 13.3. The van der Waals surface area contributed by atoms with E-state index in [0.29, 0.717) is 12.8 Å². The van der Waals surface area contributed by atoms with Gasteiger partial charge >= 0.3 is 5.97 Å². The third-order valence-corrected chi connectivity index (χ3v) is 4.02. The van der Waals surface area contributed by atoms with Gasteiger partial charge in [-0.2, -0.15) is 0 Å². The summed E-state index contributed by atoms with van der Waals surface area (Å²) in [6, 6.07) is 0. The number of carbonyl (C=O) groups is 3. The maximum Gasteiger partial charge on any atom is 0.310 e. The molecule has 0 aliphatic carbocycles. The Morgan fingerprint density at radius 1 is 1.09 bits per heavy atom. The smallest absolute Gasteiger partial charge is 0.310 e. The second kappa shape index (κ2) is 16.1. The first-order chi connectivity index (χ1) is 15.8. The van der Waals surface area contributed by atoms with Crippen molar-refractivity contribution < 1.29 is 43.7 Å². The van der Waals surface area contributed by atoms with Crippen LogP contribution in [0.5, 0.6) is 0 Å². The van der Waals surface area contributed by atoms with E-state index in [1.165, 1.54) is 0 Å². The van der Waals surface area contributed by atoms with Crippen LogP contribution in [0.1, 0.15) is 65.7 Å². The molecule has 2 atom stereocenters. The molecular formula is C19H32N4O11. The first-order valence-corrected chi connectivity index (χ1v) is 10.5. The van der Waals surface area contributed by atoms with Crippen molar-refractivity contribution in [3.8, 4) is 0 Å². The third kappa shape index (κ3) is 18.1. The predicted octanol–water partition coefficient (Wildman–Crippen LogP) is 1.31. The molecule has 0 fully saturated rings. The number of ether oxygens (including phenoxy) is 2. The number of Topliss-reactive ketones (excluding diaryl/α,β-unsaturated/α-hetero) is 1. The van der Waals surface area contributed by atoms with Gasteiger partial charge in [-0.1, -0.05) is 0 Å². The van der Waals surface area contributed by atoms with Crippen molar-refractivity contribution >= 4 is 24.1 Å². The number of nitrogens with zero attached hydrogens (tertiary/aromatic N) is 3. The minimum Gasteiger partial charge on any atom is -0.464 e. The summed E-state index contributed by atoms with van der Waals surface area (Å²) in [7, 11) is 0. The van der Waals surface area contributed by atoms with Crippen LogP contribution in [0.25, 0.3) is 0 Å². The average molecular weight is 492 g/mol. The molecule has 15 nitrogen and oxygen atoms in total. The summed E-state index contributed by atoms with van der Waals surface area (Å²) < 4.78 is 10.1. The fraction of sp³-hybridized carbons (Fsp3) is 0.789. The largest absolute Gasteiger partial charge is 0.464 e.